The molecule has 0 fully saturated rings. The molecule has 0 radical (unpaired) electrons. The van der Waals surface area contributed by atoms with Crippen molar-refractivity contribution in [3.63, 3.8) is 0 Å². The van der Waals surface area contributed by atoms with E-state index in [0.717, 1.165) is 5.39 Å². The third-order valence-corrected chi connectivity index (χ3v) is 1.69. The molecule has 0 amide bonds. The van der Waals surface area contributed by atoms with E-state index in [1.165, 1.54) is 0 Å². The summed E-state index contributed by atoms with van der Waals surface area (Å²) in [6.07, 6.45) is 1.58. The molecule has 0 saturated heterocycles. The molecule has 0 unspecified atom stereocenters. The first-order valence-electron chi connectivity index (χ1n) is 3.50. The molecular weight excluding hydrogens is 154 g/mol. The quantitative estimate of drug-likeness (QED) is 0.553. The van der Waals surface area contributed by atoms with E-state index >= 15 is 0 Å². The maximum atomic E-state index is 11.1. The van der Waals surface area contributed by atoms with Crippen molar-refractivity contribution in [3.8, 4) is 0 Å². The first-order chi connectivity index (χ1) is 5.77. The molecule has 0 spiro atoms. The molecule has 1 heterocycles. The number of nitrogens with zero attached hydrogens (tertiary/aromatic N) is 1. The molecule has 0 aliphatic rings. The monoisotopic (exact) mass is 161 g/mol. The van der Waals surface area contributed by atoms with Crippen LogP contribution in [0, 0.1) is 0 Å². The number of hydrogen-bond acceptors (Lipinski definition) is 3. The van der Waals surface area contributed by atoms with E-state index in [0.29, 0.717) is 11.1 Å². The van der Waals surface area contributed by atoms with Crippen LogP contribution in [0.15, 0.2) is 29.2 Å². The van der Waals surface area contributed by atoms with Gasteiger partial charge in [-0.25, -0.2) is 5.10 Å². The van der Waals surface area contributed by atoms with Gasteiger partial charge in [0.1, 0.15) is 0 Å². The van der Waals surface area contributed by atoms with E-state index in [1.54, 1.807) is 24.4 Å². The van der Waals surface area contributed by atoms with Crippen LogP contribution in [-0.4, -0.2) is 10.2 Å². The number of rotatable bonds is 0. The van der Waals surface area contributed by atoms with Crippen molar-refractivity contribution in [2.24, 2.45) is 0 Å². The zero-order valence-electron chi connectivity index (χ0n) is 6.24. The molecule has 0 atom stereocenters. The number of hydrogen-bond donors (Lipinski definition) is 2. The molecule has 4 nitrogen and oxygen atoms in total. The summed E-state index contributed by atoms with van der Waals surface area (Å²) in [6.45, 7) is 0. The first-order valence-corrected chi connectivity index (χ1v) is 3.50. The zero-order valence-corrected chi connectivity index (χ0v) is 6.24. The van der Waals surface area contributed by atoms with Gasteiger partial charge in [-0.1, -0.05) is 0 Å². The van der Waals surface area contributed by atoms with Crippen LogP contribution in [0.5, 0.6) is 0 Å². The minimum Gasteiger partial charge on any atom is -0.399 e. The molecule has 0 aliphatic carbocycles. The van der Waals surface area contributed by atoms with Gasteiger partial charge in [-0.2, -0.15) is 5.10 Å². The summed E-state index contributed by atoms with van der Waals surface area (Å²) < 4.78 is 0. The summed E-state index contributed by atoms with van der Waals surface area (Å²) in [6, 6.07) is 5.10. The number of fused-ring (bicyclic) bond motifs is 1. The first kappa shape index (κ1) is 6.84. The fraction of sp³-hybridized carbons (Fsp3) is 0. The van der Waals surface area contributed by atoms with Crippen molar-refractivity contribution >= 4 is 16.5 Å². The van der Waals surface area contributed by atoms with Crippen LogP contribution in [0.2, 0.25) is 0 Å². The van der Waals surface area contributed by atoms with E-state index < -0.39 is 0 Å². The second-order valence-corrected chi connectivity index (χ2v) is 2.55. The van der Waals surface area contributed by atoms with Gasteiger partial charge >= 0.3 is 0 Å². The van der Waals surface area contributed by atoms with E-state index in [2.05, 4.69) is 10.2 Å². The Kier molecular flexibility index (Phi) is 1.33. The highest BCUT2D eigenvalue weighted by molar-refractivity contribution is 5.83. The van der Waals surface area contributed by atoms with Crippen LogP contribution in [-0.2, 0) is 0 Å². The number of anilines is 1. The molecule has 3 N–H and O–H groups in total. The Morgan fingerprint density at radius 3 is 3.08 bits per heavy atom. The second kappa shape index (κ2) is 2.34. The van der Waals surface area contributed by atoms with E-state index in [4.69, 9.17) is 5.73 Å². The van der Waals surface area contributed by atoms with Crippen molar-refractivity contribution in [1.82, 2.24) is 10.2 Å². The summed E-state index contributed by atoms with van der Waals surface area (Å²) >= 11 is 0. The molecule has 12 heavy (non-hydrogen) atoms. The highest BCUT2D eigenvalue weighted by atomic mass is 16.1. The van der Waals surface area contributed by atoms with Crippen molar-refractivity contribution in [2.75, 3.05) is 5.73 Å². The van der Waals surface area contributed by atoms with E-state index in [9.17, 15) is 4.79 Å². The minimum absolute atomic E-state index is 0.187. The normalized spacial score (nSPS) is 10.3. The summed E-state index contributed by atoms with van der Waals surface area (Å²) in [5.74, 6) is 0. The molecule has 1 aromatic heterocycles. The Bertz CT molecular complexity index is 475. The predicted octanol–water partition coefficient (Wildman–Crippen LogP) is 0.505. The Morgan fingerprint density at radius 1 is 1.42 bits per heavy atom. The van der Waals surface area contributed by atoms with Crippen LogP contribution >= 0.6 is 0 Å². The van der Waals surface area contributed by atoms with Gasteiger partial charge in [0.25, 0.3) is 5.56 Å². The molecule has 1 aromatic carbocycles. The topological polar surface area (TPSA) is 71.8 Å². The molecule has 0 bridgehead atoms. The average Bonchev–Trinajstić information content (AvgIpc) is 2.04. The molecule has 60 valence electrons. The highest BCUT2D eigenvalue weighted by Gasteiger charge is 1.96. The fourth-order valence-corrected chi connectivity index (χ4v) is 1.12. The van der Waals surface area contributed by atoms with Gasteiger partial charge in [0.2, 0.25) is 0 Å². The largest absolute Gasteiger partial charge is 0.399 e. The second-order valence-electron chi connectivity index (χ2n) is 2.55. The Morgan fingerprint density at radius 2 is 2.25 bits per heavy atom. The molecule has 4 heteroatoms. The maximum absolute atomic E-state index is 11.1. The van der Waals surface area contributed by atoms with Gasteiger partial charge in [-0.05, 0) is 18.2 Å². The fourth-order valence-electron chi connectivity index (χ4n) is 1.12. The van der Waals surface area contributed by atoms with Crippen LogP contribution in [0.3, 0.4) is 0 Å². The molecule has 2 aromatic rings. The summed E-state index contributed by atoms with van der Waals surface area (Å²) in [5, 5.41) is 7.38. The van der Waals surface area contributed by atoms with Gasteiger partial charge in [-0.3, -0.25) is 4.79 Å². The van der Waals surface area contributed by atoms with Gasteiger partial charge in [0.05, 0.1) is 11.6 Å². The lowest BCUT2D eigenvalue weighted by Crippen LogP contribution is -2.07. The highest BCUT2D eigenvalue weighted by Crippen LogP contribution is 2.11. The summed E-state index contributed by atoms with van der Waals surface area (Å²) in [5.41, 5.74) is 5.98. The van der Waals surface area contributed by atoms with Crippen molar-refractivity contribution in [3.05, 3.63) is 34.7 Å². The predicted molar refractivity (Wildman–Crippen MR) is 46.8 cm³/mol. The van der Waals surface area contributed by atoms with E-state index in [1.807, 2.05) is 0 Å². The SMILES string of the molecule is Nc1ccc2c(=O)[nH]ncc2c1. The number of benzene rings is 1. The van der Waals surface area contributed by atoms with Crippen molar-refractivity contribution < 1.29 is 0 Å². The Hall–Kier alpha value is -1.84. The number of nitrogens with two attached hydrogens (primary N) is 1. The lowest BCUT2D eigenvalue weighted by atomic mass is 10.2. The van der Waals surface area contributed by atoms with Crippen molar-refractivity contribution in [1.29, 1.82) is 0 Å². The molecule has 0 saturated carbocycles. The van der Waals surface area contributed by atoms with Crippen LogP contribution in [0.4, 0.5) is 5.69 Å². The standard InChI is InChI=1S/C8H7N3O/c9-6-1-2-7-5(3-6)4-10-11-8(7)12/h1-4H,9H2,(H,11,12). The molecule has 2 rings (SSSR count). The Labute approximate surface area is 68.0 Å². The minimum atomic E-state index is -0.187. The lowest BCUT2D eigenvalue weighted by Gasteiger charge is -1.95. The number of H-pyrrole nitrogens is 1. The summed E-state index contributed by atoms with van der Waals surface area (Å²) in [4.78, 5) is 11.1. The van der Waals surface area contributed by atoms with Crippen LogP contribution < -0.4 is 11.3 Å². The third kappa shape index (κ3) is 0.934. The molecular formula is C8H7N3O. The summed E-state index contributed by atoms with van der Waals surface area (Å²) in [7, 11) is 0. The third-order valence-electron chi connectivity index (χ3n) is 1.69. The maximum Gasteiger partial charge on any atom is 0.272 e. The van der Waals surface area contributed by atoms with E-state index in [-0.39, 0.29) is 5.56 Å². The smallest absolute Gasteiger partial charge is 0.272 e. The van der Waals surface area contributed by atoms with Gasteiger partial charge in [-0.15, -0.1) is 0 Å². The Balaban J connectivity index is 2.96. The van der Waals surface area contributed by atoms with Crippen LogP contribution in [0.25, 0.3) is 10.8 Å². The number of nitrogens with one attached hydrogen (secondary N) is 1. The number of nitrogen functional groups attached to an aromatic ring is 1. The van der Waals surface area contributed by atoms with Crippen LogP contribution in [0.1, 0.15) is 0 Å². The van der Waals surface area contributed by atoms with Gasteiger partial charge in [0, 0.05) is 11.1 Å². The average molecular weight is 161 g/mol. The van der Waals surface area contributed by atoms with Gasteiger partial charge < -0.3 is 5.73 Å². The molecule has 0 aliphatic heterocycles. The van der Waals surface area contributed by atoms with Crippen molar-refractivity contribution in [2.45, 2.75) is 0 Å². The van der Waals surface area contributed by atoms with Gasteiger partial charge in [0.15, 0.2) is 0 Å². The number of aromatic amines is 1. The number of aromatic nitrogens is 2. The zero-order chi connectivity index (χ0) is 8.55. The lowest BCUT2D eigenvalue weighted by molar-refractivity contribution is 1.01.